The number of anilines is 1. The van der Waals surface area contributed by atoms with Crippen molar-refractivity contribution in [3.8, 4) is 5.75 Å². The largest absolute Gasteiger partial charge is 0.497 e. The maximum Gasteiger partial charge on any atom is 0.332 e. The fourth-order valence-electron chi connectivity index (χ4n) is 4.00. The molecule has 3 aromatic rings. The van der Waals surface area contributed by atoms with Crippen LogP contribution in [0.4, 0.5) is 10.5 Å². The van der Waals surface area contributed by atoms with E-state index in [1.165, 1.54) is 4.90 Å². The van der Waals surface area contributed by atoms with Crippen LogP contribution in [0.5, 0.6) is 5.75 Å². The van der Waals surface area contributed by atoms with E-state index in [2.05, 4.69) is 15.9 Å². The van der Waals surface area contributed by atoms with Crippen LogP contribution >= 0.6 is 39.1 Å². The van der Waals surface area contributed by atoms with Crippen molar-refractivity contribution < 1.29 is 14.3 Å². The summed E-state index contributed by atoms with van der Waals surface area (Å²) in [7, 11) is 1.60. The molecule has 3 amide bonds. The molecular formula is C25H21BrCl2N2O3. The highest BCUT2D eigenvalue weighted by atomic mass is 79.9. The normalized spacial score (nSPS) is 18.2. The number of ether oxygens (including phenoxy) is 1. The van der Waals surface area contributed by atoms with Crippen LogP contribution in [-0.2, 0) is 17.8 Å². The molecule has 0 spiro atoms. The summed E-state index contributed by atoms with van der Waals surface area (Å²) in [6.45, 7) is 2.05. The smallest absolute Gasteiger partial charge is 0.332 e. The summed E-state index contributed by atoms with van der Waals surface area (Å²) in [4.78, 5) is 30.2. The van der Waals surface area contributed by atoms with E-state index in [0.717, 1.165) is 21.3 Å². The van der Waals surface area contributed by atoms with E-state index in [0.29, 0.717) is 22.2 Å². The number of hydrogen-bond donors (Lipinski definition) is 0. The zero-order chi connectivity index (χ0) is 23.8. The topological polar surface area (TPSA) is 49.9 Å². The SMILES string of the molecule is COc1ccc(CN2C(=O)N(c3cc(Cl)cc(Cl)c3)C(=O)C2(C)Cc2ccc(Br)cc2)cc1. The molecule has 1 aliphatic heterocycles. The van der Waals surface area contributed by atoms with E-state index in [4.69, 9.17) is 27.9 Å². The van der Waals surface area contributed by atoms with Crippen LogP contribution in [0.3, 0.4) is 0 Å². The number of hydrogen-bond acceptors (Lipinski definition) is 3. The number of methoxy groups -OCH3 is 1. The zero-order valence-corrected chi connectivity index (χ0v) is 21.1. The van der Waals surface area contributed by atoms with Gasteiger partial charge < -0.3 is 9.64 Å². The number of imide groups is 1. The van der Waals surface area contributed by atoms with Crippen LogP contribution < -0.4 is 9.64 Å². The minimum atomic E-state index is -1.11. The van der Waals surface area contributed by atoms with Gasteiger partial charge in [0.15, 0.2) is 0 Å². The summed E-state index contributed by atoms with van der Waals surface area (Å²) >= 11 is 15.8. The standard InChI is InChI=1S/C25H21BrCl2N2O3/c1-25(14-16-3-7-18(26)8-4-16)23(31)30(21-12-19(27)11-20(28)13-21)24(32)29(25)15-17-5-9-22(33-2)10-6-17/h3-13H,14-15H2,1-2H3. The minimum Gasteiger partial charge on any atom is -0.497 e. The Morgan fingerprint density at radius 1 is 0.909 bits per heavy atom. The predicted octanol–water partition coefficient (Wildman–Crippen LogP) is 6.73. The molecule has 8 heteroatoms. The summed E-state index contributed by atoms with van der Waals surface area (Å²) in [5.74, 6) is 0.387. The number of nitrogens with zero attached hydrogens (tertiary/aromatic N) is 2. The lowest BCUT2D eigenvalue weighted by Gasteiger charge is -2.32. The lowest BCUT2D eigenvalue weighted by molar-refractivity contribution is -0.124. The Hall–Kier alpha value is -2.54. The van der Waals surface area contributed by atoms with E-state index in [-0.39, 0.29) is 12.5 Å². The molecule has 1 heterocycles. The summed E-state index contributed by atoms with van der Waals surface area (Å²) < 4.78 is 6.17. The van der Waals surface area contributed by atoms with Crippen molar-refractivity contribution in [2.75, 3.05) is 12.0 Å². The van der Waals surface area contributed by atoms with Crippen LogP contribution in [-0.4, -0.2) is 29.5 Å². The van der Waals surface area contributed by atoms with Crippen LogP contribution in [0, 0.1) is 0 Å². The monoisotopic (exact) mass is 546 g/mol. The van der Waals surface area contributed by atoms with Crippen molar-refractivity contribution in [2.24, 2.45) is 0 Å². The van der Waals surface area contributed by atoms with E-state index in [1.807, 2.05) is 48.5 Å². The van der Waals surface area contributed by atoms with Gasteiger partial charge in [0.2, 0.25) is 0 Å². The predicted molar refractivity (Wildman–Crippen MR) is 134 cm³/mol. The van der Waals surface area contributed by atoms with Crippen LogP contribution in [0.25, 0.3) is 0 Å². The summed E-state index contributed by atoms with van der Waals surface area (Å²) in [5, 5.41) is 0.697. The third kappa shape index (κ3) is 4.74. The van der Waals surface area contributed by atoms with Crippen molar-refractivity contribution in [1.29, 1.82) is 0 Å². The van der Waals surface area contributed by atoms with Crippen molar-refractivity contribution in [3.63, 3.8) is 0 Å². The number of urea groups is 1. The molecule has 170 valence electrons. The first-order valence-electron chi connectivity index (χ1n) is 10.2. The van der Waals surface area contributed by atoms with Gasteiger partial charge in [0.1, 0.15) is 11.3 Å². The highest BCUT2D eigenvalue weighted by Gasteiger charge is 2.54. The van der Waals surface area contributed by atoms with Gasteiger partial charge in [-0.1, -0.05) is 63.4 Å². The molecule has 1 aliphatic rings. The minimum absolute atomic E-state index is 0.256. The number of benzene rings is 3. The Kier molecular flexibility index (Phi) is 6.71. The zero-order valence-electron chi connectivity index (χ0n) is 18.0. The molecule has 0 aliphatic carbocycles. The first kappa shape index (κ1) is 23.6. The Morgan fingerprint density at radius 2 is 1.48 bits per heavy atom. The molecule has 0 saturated carbocycles. The number of carbonyl (C=O) groups excluding carboxylic acids is 2. The van der Waals surface area contributed by atoms with Gasteiger partial charge in [-0.25, -0.2) is 9.69 Å². The fourth-order valence-corrected chi connectivity index (χ4v) is 4.78. The molecule has 4 rings (SSSR count). The summed E-state index contributed by atoms with van der Waals surface area (Å²) in [5.41, 5.74) is 1.05. The van der Waals surface area contributed by atoms with Gasteiger partial charge in [0.25, 0.3) is 5.91 Å². The Balaban J connectivity index is 1.75. The van der Waals surface area contributed by atoms with Crippen LogP contribution in [0.1, 0.15) is 18.1 Å². The van der Waals surface area contributed by atoms with E-state index < -0.39 is 11.6 Å². The lowest BCUT2D eigenvalue weighted by Crippen LogP contribution is -2.48. The third-order valence-electron chi connectivity index (χ3n) is 5.75. The summed E-state index contributed by atoms with van der Waals surface area (Å²) in [6, 6.07) is 19.4. The molecular weight excluding hydrogens is 527 g/mol. The highest BCUT2D eigenvalue weighted by Crippen LogP contribution is 2.38. The number of amides is 3. The van der Waals surface area contributed by atoms with Gasteiger partial charge in [-0.3, -0.25) is 4.79 Å². The van der Waals surface area contributed by atoms with Gasteiger partial charge in [0.05, 0.1) is 12.8 Å². The van der Waals surface area contributed by atoms with E-state index in [9.17, 15) is 9.59 Å². The molecule has 1 saturated heterocycles. The van der Waals surface area contributed by atoms with Gasteiger partial charge in [-0.05, 0) is 60.5 Å². The van der Waals surface area contributed by atoms with Crippen molar-refractivity contribution in [2.45, 2.75) is 25.4 Å². The molecule has 1 atom stereocenters. The number of carbonyl (C=O) groups is 2. The maximum atomic E-state index is 13.8. The van der Waals surface area contributed by atoms with Gasteiger partial charge in [0, 0.05) is 27.5 Å². The second-order valence-corrected chi connectivity index (χ2v) is 9.85. The number of halogens is 3. The van der Waals surface area contributed by atoms with Gasteiger partial charge >= 0.3 is 6.03 Å². The summed E-state index contributed by atoms with van der Waals surface area (Å²) in [6.07, 6.45) is 0.353. The molecule has 0 bridgehead atoms. The lowest BCUT2D eigenvalue weighted by atomic mass is 9.90. The second kappa shape index (κ2) is 9.37. The molecule has 5 nitrogen and oxygen atoms in total. The highest BCUT2D eigenvalue weighted by molar-refractivity contribution is 9.10. The molecule has 33 heavy (non-hydrogen) atoms. The Bertz CT molecular complexity index is 1180. The quantitative estimate of drug-likeness (QED) is 0.321. The van der Waals surface area contributed by atoms with Crippen molar-refractivity contribution >= 4 is 56.8 Å². The average molecular weight is 548 g/mol. The number of rotatable bonds is 6. The molecule has 1 unspecified atom stereocenters. The average Bonchev–Trinajstić information content (AvgIpc) is 2.95. The Morgan fingerprint density at radius 3 is 2.06 bits per heavy atom. The molecule has 0 radical (unpaired) electrons. The molecule has 0 N–H and O–H groups in total. The van der Waals surface area contributed by atoms with Crippen LogP contribution in [0.15, 0.2) is 71.2 Å². The van der Waals surface area contributed by atoms with Crippen molar-refractivity contribution in [1.82, 2.24) is 4.90 Å². The second-order valence-electron chi connectivity index (χ2n) is 8.06. The fraction of sp³-hybridized carbons (Fsp3) is 0.200. The van der Waals surface area contributed by atoms with Gasteiger partial charge in [-0.2, -0.15) is 0 Å². The van der Waals surface area contributed by atoms with Crippen LogP contribution in [0.2, 0.25) is 10.0 Å². The maximum absolute atomic E-state index is 13.8. The third-order valence-corrected chi connectivity index (χ3v) is 6.71. The van der Waals surface area contributed by atoms with E-state index in [1.54, 1.807) is 37.1 Å². The first-order valence-corrected chi connectivity index (χ1v) is 11.8. The molecule has 3 aromatic carbocycles. The van der Waals surface area contributed by atoms with E-state index >= 15 is 0 Å². The Labute approximate surface area is 211 Å². The molecule has 1 fully saturated rings. The van der Waals surface area contributed by atoms with Gasteiger partial charge in [-0.15, -0.1) is 0 Å². The first-order chi connectivity index (χ1) is 15.7. The molecule has 0 aromatic heterocycles. The van der Waals surface area contributed by atoms with Crippen molar-refractivity contribution in [3.05, 3.63) is 92.4 Å².